The molecule has 1 rings (SSSR count). The fourth-order valence-electron chi connectivity index (χ4n) is 1.06. The second-order valence-corrected chi connectivity index (χ2v) is 3.84. The lowest BCUT2D eigenvalue weighted by Crippen LogP contribution is -2.38. The Hall–Kier alpha value is -0.450. The lowest BCUT2D eigenvalue weighted by molar-refractivity contribution is -0.144. The number of hydrogen-bond acceptors (Lipinski definition) is 1. The summed E-state index contributed by atoms with van der Waals surface area (Å²) in [5.41, 5.74) is -0.412. The molecule has 0 aromatic heterocycles. The van der Waals surface area contributed by atoms with Crippen molar-refractivity contribution in [2.24, 2.45) is 0 Å². The first-order valence-electron chi connectivity index (χ1n) is 4.31. The molecule has 0 aromatic carbocycles. The molecule has 1 saturated carbocycles. The Morgan fingerprint density at radius 2 is 2.00 bits per heavy atom. The van der Waals surface area contributed by atoms with Gasteiger partial charge in [-0.1, -0.05) is 0 Å². The summed E-state index contributed by atoms with van der Waals surface area (Å²) in [7, 11) is 0. The second kappa shape index (κ2) is 3.96. The van der Waals surface area contributed by atoms with E-state index in [-0.39, 0.29) is 5.88 Å². The van der Waals surface area contributed by atoms with Gasteiger partial charge in [0.15, 0.2) is 0 Å². The zero-order valence-corrected chi connectivity index (χ0v) is 8.21. The van der Waals surface area contributed by atoms with E-state index in [1.165, 1.54) is 0 Å². The monoisotopic (exact) mass is 229 g/mol. The molecule has 0 saturated heterocycles. The topological polar surface area (TPSA) is 29.1 Å². The van der Waals surface area contributed by atoms with Gasteiger partial charge in [-0.15, -0.1) is 11.6 Å². The van der Waals surface area contributed by atoms with Gasteiger partial charge in [-0.25, -0.2) is 0 Å². The van der Waals surface area contributed by atoms with Gasteiger partial charge < -0.3 is 5.32 Å². The van der Waals surface area contributed by atoms with Gasteiger partial charge in [0.2, 0.25) is 5.91 Å². The highest BCUT2D eigenvalue weighted by Gasteiger charge is 2.43. The minimum absolute atomic E-state index is 0.269. The Morgan fingerprint density at radius 1 is 1.43 bits per heavy atom. The lowest BCUT2D eigenvalue weighted by atomic mass is 10.2. The standard InChI is InChI=1S/C8H11ClF3NO/c9-5-7(3-4-7)13-6(14)1-2-8(10,11)12/h1-5H2,(H,13,14). The molecule has 1 aliphatic rings. The van der Waals surface area contributed by atoms with E-state index in [9.17, 15) is 18.0 Å². The average molecular weight is 230 g/mol. The van der Waals surface area contributed by atoms with Crippen LogP contribution >= 0.6 is 11.6 Å². The van der Waals surface area contributed by atoms with Crippen molar-refractivity contribution in [1.29, 1.82) is 0 Å². The molecule has 14 heavy (non-hydrogen) atoms. The van der Waals surface area contributed by atoms with Crippen molar-refractivity contribution in [2.45, 2.75) is 37.4 Å². The smallest absolute Gasteiger partial charge is 0.349 e. The minimum atomic E-state index is -4.27. The maximum absolute atomic E-state index is 11.7. The maximum atomic E-state index is 11.7. The van der Waals surface area contributed by atoms with Gasteiger partial charge >= 0.3 is 6.18 Å². The number of carbonyl (C=O) groups excluding carboxylic acids is 1. The summed E-state index contributed by atoms with van der Waals surface area (Å²) in [5, 5.41) is 2.52. The van der Waals surface area contributed by atoms with Crippen molar-refractivity contribution in [3.05, 3.63) is 0 Å². The first-order valence-corrected chi connectivity index (χ1v) is 4.84. The molecule has 82 valence electrons. The molecule has 1 aliphatic carbocycles. The molecule has 1 N–H and O–H groups in total. The summed E-state index contributed by atoms with van der Waals surface area (Å²) in [6, 6.07) is 0. The Labute approximate surface area is 84.8 Å². The molecule has 0 atom stereocenters. The third kappa shape index (κ3) is 3.74. The van der Waals surface area contributed by atoms with Crippen LogP contribution in [0.1, 0.15) is 25.7 Å². The molecular formula is C8H11ClF3NO. The predicted molar refractivity (Wildman–Crippen MR) is 46.1 cm³/mol. The van der Waals surface area contributed by atoms with Crippen LogP contribution in [0, 0.1) is 0 Å². The third-order valence-corrected chi connectivity index (χ3v) is 2.66. The maximum Gasteiger partial charge on any atom is 0.389 e. The molecule has 0 unspecified atom stereocenters. The second-order valence-electron chi connectivity index (χ2n) is 3.58. The van der Waals surface area contributed by atoms with E-state index < -0.39 is 30.5 Å². The summed E-state index contributed by atoms with van der Waals surface area (Å²) in [6.07, 6.45) is -4.34. The quantitative estimate of drug-likeness (QED) is 0.736. The van der Waals surface area contributed by atoms with Gasteiger partial charge in [-0.3, -0.25) is 4.79 Å². The van der Waals surface area contributed by atoms with Crippen LogP contribution in [0.3, 0.4) is 0 Å². The van der Waals surface area contributed by atoms with E-state index >= 15 is 0 Å². The van der Waals surface area contributed by atoms with Crippen LogP contribution in [0.4, 0.5) is 13.2 Å². The Morgan fingerprint density at radius 3 is 2.36 bits per heavy atom. The van der Waals surface area contributed by atoms with Gasteiger partial charge in [-0.05, 0) is 12.8 Å². The molecule has 0 bridgehead atoms. The van der Waals surface area contributed by atoms with Crippen molar-refractivity contribution in [2.75, 3.05) is 5.88 Å². The fourth-order valence-corrected chi connectivity index (χ4v) is 1.39. The third-order valence-electron chi connectivity index (χ3n) is 2.15. The molecule has 0 spiro atoms. The first kappa shape index (κ1) is 11.6. The SMILES string of the molecule is O=C(CCC(F)(F)F)NC1(CCl)CC1. The van der Waals surface area contributed by atoms with Crippen molar-refractivity contribution in [3.8, 4) is 0 Å². The summed E-state index contributed by atoms with van der Waals surface area (Å²) in [4.78, 5) is 11.0. The number of halogens is 4. The van der Waals surface area contributed by atoms with E-state index in [1.54, 1.807) is 0 Å². The summed E-state index contributed by atoms with van der Waals surface area (Å²) in [6.45, 7) is 0. The summed E-state index contributed by atoms with van der Waals surface area (Å²) >= 11 is 5.55. The molecule has 6 heteroatoms. The largest absolute Gasteiger partial charge is 0.389 e. The van der Waals surface area contributed by atoms with Gasteiger partial charge in [0.25, 0.3) is 0 Å². The fraction of sp³-hybridized carbons (Fsp3) is 0.875. The van der Waals surface area contributed by atoms with Gasteiger partial charge in [0.1, 0.15) is 0 Å². The number of nitrogens with one attached hydrogen (secondary N) is 1. The van der Waals surface area contributed by atoms with E-state index in [2.05, 4.69) is 5.32 Å². The Balaban J connectivity index is 2.23. The van der Waals surface area contributed by atoms with Crippen LogP contribution in [0.15, 0.2) is 0 Å². The summed E-state index contributed by atoms with van der Waals surface area (Å²) < 4.78 is 35.2. The molecule has 0 heterocycles. The van der Waals surface area contributed by atoms with Crippen molar-refractivity contribution in [3.63, 3.8) is 0 Å². The molecule has 1 fully saturated rings. The van der Waals surface area contributed by atoms with E-state index in [0.29, 0.717) is 0 Å². The van der Waals surface area contributed by atoms with Crippen molar-refractivity contribution in [1.82, 2.24) is 5.32 Å². The van der Waals surface area contributed by atoms with E-state index in [4.69, 9.17) is 11.6 Å². The predicted octanol–water partition coefficient (Wildman–Crippen LogP) is 2.22. The van der Waals surface area contributed by atoms with Crippen LogP contribution in [0.25, 0.3) is 0 Å². The van der Waals surface area contributed by atoms with Crippen molar-refractivity contribution >= 4 is 17.5 Å². The van der Waals surface area contributed by atoms with Gasteiger partial charge in [0, 0.05) is 12.3 Å². The molecule has 1 amide bonds. The minimum Gasteiger partial charge on any atom is -0.349 e. The van der Waals surface area contributed by atoms with E-state index in [0.717, 1.165) is 12.8 Å². The molecule has 0 radical (unpaired) electrons. The highest BCUT2D eigenvalue weighted by Crippen LogP contribution is 2.36. The van der Waals surface area contributed by atoms with Gasteiger partial charge in [0.05, 0.1) is 12.0 Å². The lowest BCUT2D eigenvalue weighted by Gasteiger charge is -2.14. The van der Waals surface area contributed by atoms with Crippen molar-refractivity contribution < 1.29 is 18.0 Å². The molecular weight excluding hydrogens is 219 g/mol. The number of alkyl halides is 4. The number of rotatable bonds is 4. The zero-order chi connectivity index (χ0) is 10.8. The van der Waals surface area contributed by atoms with Gasteiger partial charge in [-0.2, -0.15) is 13.2 Å². The average Bonchev–Trinajstić information content (AvgIpc) is 2.81. The number of carbonyl (C=O) groups is 1. The Kier molecular flexibility index (Phi) is 3.29. The van der Waals surface area contributed by atoms with Crippen LogP contribution in [0.2, 0.25) is 0 Å². The first-order chi connectivity index (χ1) is 6.37. The highest BCUT2D eigenvalue weighted by molar-refractivity contribution is 6.19. The highest BCUT2D eigenvalue weighted by atomic mass is 35.5. The molecule has 2 nitrogen and oxygen atoms in total. The Bertz CT molecular complexity index is 225. The van der Waals surface area contributed by atoms with Crippen LogP contribution in [-0.2, 0) is 4.79 Å². The van der Waals surface area contributed by atoms with E-state index in [1.807, 2.05) is 0 Å². The number of amides is 1. The zero-order valence-electron chi connectivity index (χ0n) is 7.46. The van der Waals surface area contributed by atoms with Crippen LogP contribution in [-0.4, -0.2) is 23.5 Å². The summed E-state index contributed by atoms with van der Waals surface area (Å²) in [5.74, 6) is -0.300. The normalized spacial score (nSPS) is 19.1. The molecule has 0 aromatic rings. The number of hydrogen-bond donors (Lipinski definition) is 1. The van der Waals surface area contributed by atoms with Crippen LogP contribution in [0.5, 0.6) is 0 Å². The molecule has 0 aliphatic heterocycles. The van der Waals surface area contributed by atoms with Crippen LogP contribution < -0.4 is 5.32 Å².